The zero-order valence-electron chi connectivity index (χ0n) is 17.1. The van der Waals surface area contributed by atoms with E-state index in [0.29, 0.717) is 40.7 Å². The summed E-state index contributed by atoms with van der Waals surface area (Å²) < 4.78 is 27.6. The summed E-state index contributed by atoms with van der Waals surface area (Å²) in [6.45, 7) is 1.02. The Hall–Kier alpha value is -2.93. The van der Waals surface area contributed by atoms with Crippen LogP contribution in [0, 0.1) is 0 Å². The molecule has 4 rings (SSSR count). The van der Waals surface area contributed by atoms with E-state index < -0.39 is 0 Å². The molecule has 2 aromatic rings. The molecule has 0 fully saturated rings. The lowest BCUT2D eigenvalue weighted by Gasteiger charge is -2.35. The van der Waals surface area contributed by atoms with Crippen molar-refractivity contribution in [1.82, 2.24) is 4.90 Å². The lowest BCUT2D eigenvalue weighted by molar-refractivity contribution is 0.0922. The molecule has 0 aliphatic carbocycles. The molecule has 0 spiro atoms. The van der Waals surface area contributed by atoms with Crippen LogP contribution in [0.25, 0.3) is 0 Å². The molecule has 0 aromatic heterocycles. The predicted molar refractivity (Wildman–Crippen MR) is 107 cm³/mol. The number of ketones is 1. The van der Waals surface area contributed by atoms with Gasteiger partial charge in [-0.3, -0.25) is 9.69 Å². The van der Waals surface area contributed by atoms with Crippen LogP contribution >= 0.6 is 0 Å². The van der Waals surface area contributed by atoms with Gasteiger partial charge in [0.05, 0.1) is 26.9 Å². The van der Waals surface area contributed by atoms with E-state index in [9.17, 15) is 4.79 Å². The van der Waals surface area contributed by atoms with E-state index in [4.69, 9.17) is 23.7 Å². The van der Waals surface area contributed by atoms with Gasteiger partial charge < -0.3 is 23.7 Å². The Bertz CT molecular complexity index is 941. The summed E-state index contributed by atoms with van der Waals surface area (Å²) in [4.78, 5) is 15.4. The van der Waals surface area contributed by atoms with Crippen molar-refractivity contribution in [1.29, 1.82) is 0 Å². The summed E-state index contributed by atoms with van der Waals surface area (Å²) in [5.41, 5.74) is 2.66. The average Bonchev–Trinajstić information content (AvgIpc) is 3.21. The highest BCUT2D eigenvalue weighted by Gasteiger charge is 2.35. The average molecular weight is 399 g/mol. The monoisotopic (exact) mass is 399 g/mol. The van der Waals surface area contributed by atoms with Crippen molar-refractivity contribution in [2.75, 3.05) is 41.7 Å². The Kier molecular flexibility index (Phi) is 5.24. The van der Waals surface area contributed by atoms with E-state index >= 15 is 0 Å². The number of Topliss-reactive ketones (excluding diaryl/α,β-unsaturated/α-hetero) is 1. The lowest BCUT2D eigenvalue weighted by atomic mass is 9.87. The van der Waals surface area contributed by atoms with Crippen LogP contribution in [0.3, 0.4) is 0 Å². The minimum absolute atomic E-state index is 0.00563. The number of hydrogen-bond acceptors (Lipinski definition) is 7. The minimum Gasteiger partial charge on any atom is -0.497 e. The van der Waals surface area contributed by atoms with E-state index in [1.54, 1.807) is 39.5 Å². The van der Waals surface area contributed by atoms with Gasteiger partial charge in [-0.2, -0.15) is 0 Å². The van der Waals surface area contributed by atoms with Crippen LogP contribution in [0.15, 0.2) is 24.3 Å². The molecular formula is C22H25NO6. The number of nitrogens with zero attached hydrogens (tertiary/aromatic N) is 1. The number of hydrogen-bond donors (Lipinski definition) is 0. The van der Waals surface area contributed by atoms with Crippen LogP contribution in [0.4, 0.5) is 0 Å². The second-order valence-electron chi connectivity index (χ2n) is 7.16. The molecule has 0 amide bonds. The molecule has 29 heavy (non-hydrogen) atoms. The zero-order valence-corrected chi connectivity index (χ0v) is 17.1. The van der Waals surface area contributed by atoms with E-state index in [2.05, 4.69) is 4.90 Å². The summed E-state index contributed by atoms with van der Waals surface area (Å²) in [7, 11) is 6.78. The molecule has 2 aromatic carbocycles. The number of carbonyl (C=O) groups excluding carboxylic acids is 1. The third-order valence-electron chi connectivity index (χ3n) is 5.63. The smallest absolute Gasteiger partial charge is 0.231 e. The first-order chi connectivity index (χ1) is 14.1. The SMILES string of the molecule is COc1ccc(C(=O)C[C@@H]2c3c(cc4c(c3OC)OCO4)CCN2C)c(OC)c1. The fraction of sp³-hybridized carbons (Fsp3) is 0.409. The van der Waals surface area contributed by atoms with Gasteiger partial charge in [-0.1, -0.05) is 0 Å². The van der Waals surface area contributed by atoms with Gasteiger partial charge in [0, 0.05) is 30.6 Å². The topological polar surface area (TPSA) is 66.5 Å². The minimum atomic E-state index is -0.137. The lowest BCUT2D eigenvalue weighted by Crippen LogP contribution is -2.34. The highest BCUT2D eigenvalue weighted by atomic mass is 16.7. The second kappa shape index (κ2) is 7.83. The van der Waals surface area contributed by atoms with Crippen LogP contribution in [0.2, 0.25) is 0 Å². The highest BCUT2D eigenvalue weighted by molar-refractivity contribution is 5.99. The molecule has 0 bridgehead atoms. The van der Waals surface area contributed by atoms with Gasteiger partial charge in [0.15, 0.2) is 17.3 Å². The fourth-order valence-electron chi connectivity index (χ4n) is 4.10. The molecule has 0 N–H and O–H groups in total. The largest absolute Gasteiger partial charge is 0.497 e. The van der Waals surface area contributed by atoms with Crippen molar-refractivity contribution in [2.24, 2.45) is 0 Å². The van der Waals surface area contributed by atoms with Gasteiger partial charge >= 0.3 is 0 Å². The Morgan fingerprint density at radius 1 is 1.14 bits per heavy atom. The van der Waals surface area contributed by atoms with E-state index in [-0.39, 0.29) is 18.6 Å². The molecule has 1 atom stereocenters. The number of likely N-dealkylation sites (N-methyl/N-ethyl adjacent to an activating group) is 1. The maximum Gasteiger partial charge on any atom is 0.231 e. The van der Waals surface area contributed by atoms with Crippen LogP contribution < -0.4 is 23.7 Å². The first kappa shape index (κ1) is 19.4. The number of benzene rings is 2. The number of fused-ring (bicyclic) bond motifs is 2. The van der Waals surface area contributed by atoms with Crippen LogP contribution in [-0.4, -0.2) is 52.4 Å². The zero-order chi connectivity index (χ0) is 20.5. The Labute approximate surface area is 170 Å². The maximum absolute atomic E-state index is 13.2. The van der Waals surface area contributed by atoms with Gasteiger partial charge in [0.2, 0.25) is 12.5 Å². The van der Waals surface area contributed by atoms with Gasteiger partial charge in [0.1, 0.15) is 11.5 Å². The van der Waals surface area contributed by atoms with Gasteiger partial charge in [-0.05, 0) is 37.2 Å². The van der Waals surface area contributed by atoms with E-state index in [0.717, 1.165) is 24.1 Å². The predicted octanol–water partition coefficient (Wildman–Crippen LogP) is 3.24. The van der Waals surface area contributed by atoms with Crippen LogP contribution in [0.1, 0.15) is 33.9 Å². The third kappa shape index (κ3) is 3.35. The van der Waals surface area contributed by atoms with Crippen molar-refractivity contribution in [3.63, 3.8) is 0 Å². The number of ether oxygens (including phenoxy) is 5. The van der Waals surface area contributed by atoms with Crippen molar-refractivity contribution < 1.29 is 28.5 Å². The molecule has 7 heteroatoms. The van der Waals surface area contributed by atoms with Crippen molar-refractivity contribution in [3.8, 4) is 28.7 Å². The summed E-state index contributed by atoms with van der Waals surface area (Å²) >= 11 is 0. The Balaban J connectivity index is 1.71. The molecular weight excluding hydrogens is 374 g/mol. The number of carbonyl (C=O) groups is 1. The normalized spacial score (nSPS) is 17.6. The summed E-state index contributed by atoms with van der Waals surface area (Å²) in [6, 6.07) is 7.12. The summed E-state index contributed by atoms with van der Waals surface area (Å²) in [5, 5.41) is 0. The van der Waals surface area contributed by atoms with E-state index in [1.165, 1.54) is 0 Å². The highest BCUT2D eigenvalue weighted by Crippen LogP contribution is 2.50. The van der Waals surface area contributed by atoms with Gasteiger partial charge in [0.25, 0.3) is 0 Å². The Morgan fingerprint density at radius 2 is 1.97 bits per heavy atom. The summed E-state index contributed by atoms with van der Waals surface area (Å²) in [6.07, 6.45) is 1.15. The van der Waals surface area contributed by atoms with Crippen molar-refractivity contribution in [2.45, 2.75) is 18.9 Å². The van der Waals surface area contributed by atoms with E-state index in [1.807, 2.05) is 13.1 Å². The van der Waals surface area contributed by atoms with Crippen LogP contribution in [0.5, 0.6) is 28.7 Å². The molecule has 0 saturated heterocycles. The molecule has 2 aliphatic rings. The number of methoxy groups -OCH3 is 3. The van der Waals surface area contributed by atoms with Crippen molar-refractivity contribution >= 4 is 5.78 Å². The number of rotatable bonds is 6. The molecule has 154 valence electrons. The van der Waals surface area contributed by atoms with Gasteiger partial charge in [-0.25, -0.2) is 0 Å². The third-order valence-corrected chi connectivity index (χ3v) is 5.63. The maximum atomic E-state index is 13.2. The fourth-order valence-corrected chi connectivity index (χ4v) is 4.10. The summed E-state index contributed by atoms with van der Waals surface area (Å²) in [5.74, 6) is 3.11. The molecule has 2 aliphatic heterocycles. The second-order valence-corrected chi connectivity index (χ2v) is 7.16. The van der Waals surface area contributed by atoms with Gasteiger partial charge in [-0.15, -0.1) is 0 Å². The first-order valence-corrected chi connectivity index (χ1v) is 9.52. The quantitative estimate of drug-likeness (QED) is 0.691. The molecule has 0 radical (unpaired) electrons. The molecule has 0 unspecified atom stereocenters. The Morgan fingerprint density at radius 3 is 2.69 bits per heavy atom. The molecule has 2 heterocycles. The first-order valence-electron chi connectivity index (χ1n) is 9.52. The molecule has 7 nitrogen and oxygen atoms in total. The molecule has 0 saturated carbocycles. The van der Waals surface area contributed by atoms with Crippen molar-refractivity contribution in [3.05, 3.63) is 41.0 Å². The van der Waals surface area contributed by atoms with Crippen LogP contribution in [-0.2, 0) is 6.42 Å². The standard InChI is InChI=1S/C22H25NO6/c1-23-8-7-13-9-19-21(29-12-28-19)22(27-4)20(13)16(23)11-17(24)15-6-5-14(25-2)10-18(15)26-3/h5-6,9-10,16H,7-8,11-12H2,1-4H3/t16-/m1/s1.